The number of aromatic nitrogens is 3. The molecule has 3 aromatic rings. The van der Waals surface area contributed by atoms with Crippen molar-refractivity contribution in [1.29, 1.82) is 0 Å². The number of aryl methyl sites for hydroxylation is 1. The SMILES string of the molecule is Cc1cc(-c2[nH]nc(N)c2-c2cccc(Cl)c2F)ccn1. The number of pyridine rings is 1. The number of anilines is 1. The molecule has 21 heavy (non-hydrogen) atoms. The normalized spacial score (nSPS) is 10.8. The summed E-state index contributed by atoms with van der Waals surface area (Å²) in [5, 5.41) is 6.89. The fraction of sp³-hybridized carbons (Fsp3) is 0.0667. The summed E-state index contributed by atoms with van der Waals surface area (Å²) in [5.41, 5.74) is 9.04. The molecule has 3 N–H and O–H groups in total. The summed E-state index contributed by atoms with van der Waals surface area (Å²) in [6.45, 7) is 1.88. The third kappa shape index (κ3) is 2.36. The number of nitrogens with one attached hydrogen (secondary N) is 1. The van der Waals surface area contributed by atoms with Crippen molar-refractivity contribution in [2.75, 3.05) is 5.73 Å². The van der Waals surface area contributed by atoms with Gasteiger partial charge in [0.25, 0.3) is 0 Å². The lowest BCUT2D eigenvalue weighted by molar-refractivity contribution is 0.632. The molecule has 0 aliphatic rings. The molecule has 0 saturated heterocycles. The van der Waals surface area contributed by atoms with Crippen molar-refractivity contribution in [3.8, 4) is 22.4 Å². The van der Waals surface area contributed by atoms with Gasteiger partial charge in [-0.3, -0.25) is 10.1 Å². The van der Waals surface area contributed by atoms with Crippen LogP contribution in [0.2, 0.25) is 5.02 Å². The van der Waals surface area contributed by atoms with Crippen LogP contribution in [0.25, 0.3) is 22.4 Å². The largest absolute Gasteiger partial charge is 0.382 e. The average molecular weight is 303 g/mol. The smallest absolute Gasteiger partial charge is 0.153 e. The molecule has 0 unspecified atom stereocenters. The number of hydrogen-bond donors (Lipinski definition) is 2. The van der Waals surface area contributed by atoms with Gasteiger partial charge >= 0.3 is 0 Å². The predicted molar refractivity (Wildman–Crippen MR) is 81.4 cm³/mol. The maximum absolute atomic E-state index is 14.3. The molecule has 0 amide bonds. The van der Waals surface area contributed by atoms with Crippen LogP contribution in [0.3, 0.4) is 0 Å². The molecule has 3 rings (SSSR count). The highest BCUT2D eigenvalue weighted by molar-refractivity contribution is 6.31. The lowest BCUT2D eigenvalue weighted by Gasteiger charge is -2.07. The Bertz CT molecular complexity index is 813. The van der Waals surface area contributed by atoms with Gasteiger partial charge in [0, 0.05) is 23.0 Å². The van der Waals surface area contributed by atoms with Crippen LogP contribution in [0, 0.1) is 12.7 Å². The second kappa shape index (κ2) is 5.18. The standard InChI is InChI=1S/C15H12ClFN4/c1-8-7-9(5-6-19-8)14-12(15(18)21-20-14)10-3-2-4-11(16)13(10)17/h2-7H,1H3,(H3,18,20,21). The summed E-state index contributed by atoms with van der Waals surface area (Å²) in [5.74, 6) is -0.292. The molecule has 0 atom stereocenters. The minimum atomic E-state index is -0.515. The first kappa shape index (κ1) is 13.6. The van der Waals surface area contributed by atoms with Gasteiger partial charge in [-0.25, -0.2) is 4.39 Å². The van der Waals surface area contributed by atoms with Crippen molar-refractivity contribution >= 4 is 17.4 Å². The molecule has 0 saturated carbocycles. The Kier molecular flexibility index (Phi) is 3.35. The van der Waals surface area contributed by atoms with E-state index in [2.05, 4.69) is 15.2 Å². The quantitative estimate of drug-likeness (QED) is 0.756. The molecular formula is C15H12ClFN4. The second-order valence-corrected chi connectivity index (χ2v) is 5.05. The lowest BCUT2D eigenvalue weighted by atomic mass is 10.0. The number of benzene rings is 1. The number of hydrogen-bond acceptors (Lipinski definition) is 3. The van der Waals surface area contributed by atoms with Crippen molar-refractivity contribution in [1.82, 2.24) is 15.2 Å². The fourth-order valence-corrected chi connectivity index (χ4v) is 2.41. The van der Waals surface area contributed by atoms with Gasteiger partial charge in [-0.2, -0.15) is 5.10 Å². The fourth-order valence-electron chi connectivity index (χ4n) is 2.24. The first-order valence-corrected chi connectivity index (χ1v) is 6.67. The van der Waals surface area contributed by atoms with Crippen LogP contribution in [0.1, 0.15) is 5.69 Å². The van der Waals surface area contributed by atoms with Crippen LogP contribution in [-0.4, -0.2) is 15.2 Å². The van der Waals surface area contributed by atoms with Crippen LogP contribution < -0.4 is 5.73 Å². The molecule has 2 aromatic heterocycles. The average Bonchev–Trinajstić information content (AvgIpc) is 2.84. The van der Waals surface area contributed by atoms with E-state index in [0.717, 1.165) is 11.3 Å². The summed E-state index contributed by atoms with van der Waals surface area (Å²) < 4.78 is 14.3. The van der Waals surface area contributed by atoms with Gasteiger partial charge in [0.05, 0.1) is 16.3 Å². The molecular weight excluding hydrogens is 291 g/mol. The Morgan fingerprint density at radius 3 is 2.86 bits per heavy atom. The number of aromatic amines is 1. The Morgan fingerprint density at radius 2 is 2.10 bits per heavy atom. The Hall–Kier alpha value is -2.40. The molecule has 1 aromatic carbocycles. The molecule has 0 radical (unpaired) electrons. The van der Waals surface area contributed by atoms with Gasteiger partial charge in [0.2, 0.25) is 0 Å². The number of nitrogen functional groups attached to an aromatic ring is 1. The third-order valence-electron chi connectivity index (χ3n) is 3.20. The van der Waals surface area contributed by atoms with Gasteiger partial charge in [0.15, 0.2) is 5.82 Å². The highest BCUT2D eigenvalue weighted by atomic mass is 35.5. The van der Waals surface area contributed by atoms with Gasteiger partial charge in [0.1, 0.15) is 5.82 Å². The van der Waals surface area contributed by atoms with E-state index < -0.39 is 5.82 Å². The maximum Gasteiger partial charge on any atom is 0.153 e. The highest BCUT2D eigenvalue weighted by Gasteiger charge is 2.19. The molecule has 4 nitrogen and oxygen atoms in total. The minimum Gasteiger partial charge on any atom is -0.382 e. The summed E-state index contributed by atoms with van der Waals surface area (Å²) >= 11 is 5.85. The zero-order valence-electron chi connectivity index (χ0n) is 11.2. The topological polar surface area (TPSA) is 67.6 Å². The van der Waals surface area contributed by atoms with E-state index in [1.54, 1.807) is 18.3 Å². The Balaban J connectivity index is 2.25. The first-order chi connectivity index (χ1) is 10.1. The van der Waals surface area contributed by atoms with E-state index in [4.69, 9.17) is 17.3 Å². The molecule has 2 heterocycles. The van der Waals surface area contributed by atoms with Crippen molar-refractivity contribution in [3.63, 3.8) is 0 Å². The van der Waals surface area contributed by atoms with Crippen molar-refractivity contribution in [3.05, 3.63) is 53.1 Å². The summed E-state index contributed by atoms with van der Waals surface area (Å²) in [7, 11) is 0. The summed E-state index contributed by atoms with van der Waals surface area (Å²) in [6, 6.07) is 8.48. The number of H-pyrrole nitrogens is 1. The van der Waals surface area contributed by atoms with Gasteiger partial charge in [-0.1, -0.05) is 23.7 Å². The van der Waals surface area contributed by atoms with E-state index in [1.807, 2.05) is 19.1 Å². The number of nitrogens with two attached hydrogens (primary N) is 1. The van der Waals surface area contributed by atoms with Crippen molar-refractivity contribution < 1.29 is 4.39 Å². The number of nitrogens with zero attached hydrogens (tertiary/aromatic N) is 2. The number of halogens is 2. The predicted octanol–water partition coefficient (Wildman–Crippen LogP) is 3.82. The molecule has 6 heteroatoms. The number of rotatable bonds is 2. The minimum absolute atomic E-state index is 0.0463. The van der Waals surface area contributed by atoms with E-state index in [9.17, 15) is 4.39 Å². The maximum atomic E-state index is 14.3. The van der Waals surface area contributed by atoms with Crippen LogP contribution in [-0.2, 0) is 0 Å². The van der Waals surface area contributed by atoms with E-state index in [-0.39, 0.29) is 10.8 Å². The van der Waals surface area contributed by atoms with Gasteiger partial charge < -0.3 is 5.73 Å². The van der Waals surface area contributed by atoms with Gasteiger partial charge in [-0.05, 0) is 25.1 Å². The summed E-state index contributed by atoms with van der Waals surface area (Å²) in [4.78, 5) is 4.15. The third-order valence-corrected chi connectivity index (χ3v) is 3.49. The second-order valence-electron chi connectivity index (χ2n) is 4.65. The Labute approximate surface area is 125 Å². The zero-order valence-corrected chi connectivity index (χ0v) is 11.9. The molecule has 0 aliphatic carbocycles. The van der Waals surface area contributed by atoms with Crippen LogP contribution in [0.4, 0.5) is 10.2 Å². The van der Waals surface area contributed by atoms with E-state index in [1.165, 1.54) is 6.07 Å². The highest BCUT2D eigenvalue weighted by Crippen LogP contribution is 2.37. The van der Waals surface area contributed by atoms with Crippen molar-refractivity contribution in [2.45, 2.75) is 6.92 Å². The molecule has 0 aliphatic heterocycles. The van der Waals surface area contributed by atoms with E-state index in [0.29, 0.717) is 16.8 Å². The van der Waals surface area contributed by atoms with Crippen LogP contribution in [0.5, 0.6) is 0 Å². The Morgan fingerprint density at radius 1 is 1.29 bits per heavy atom. The van der Waals surface area contributed by atoms with Crippen LogP contribution in [0.15, 0.2) is 36.5 Å². The summed E-state index contributed by atoms with van der Waals surface area (Å²) in [6.07, 6.45) is 1.68. The molecule has 0 spiro atoms. The lowest BCUT2D eigenvalue weighted by Crippen LogP contribution is -1.92. The first-order valence-electron chi connectivity index (χ1n) is 6.29. The monoisotopic (exact) mass is 302 g/mol. The molecule has 0 fully saturated rings. The zero-order chi connectivity index (χ0) is 15.0. The molecule has 106 valence electrons. The van der Waals surface area contributed by atoms with Crippen LogP contribution >= 0.6 is 11.6 Å². The van der Waals surface area contributed by atoms with Crippen molar-refractivity contribution in [2.24, 2.45) is 0 Å². The van der Waals surface area contributed by atoms with Gasteiger partial charge in [-0.15, -0.1) is 0 Å². The van der Waals surface area contributed by atoms with E-state index >= 15 is 0 Å². The molecule has 0 bridgehead atoms.